The van der Waals surface area contributed by atoms with Crippen LogP contribution >= 0.6 is 15.9 Å². The summed E-state index contributed by atoms with van der Waals surface area (Å²) in [6.45, 7) is 2.24. The molecule has 0 aliphatic heterocycles. The molecule has 0 radical (unpaired) electrons. The van der Waals surface area contributed by atoms with E-state index in [0.29, 0.717) is 0 Å². The zero-order chi connectivity index (χ0) is 9.52. The van der Waals surface area contributed by atoms with Gasteiger partial charge in [-0.2, -0.15) is 0 Å². The van der Waals surface area contributed by atoms with Crippen LogP contribution in [-0.2, 0) is 11.8 Å². The molecule has 0 atom stereocenters. The van der Waals surface area contributed by atoms with E-state index in [1.54, 1.807) is 0 Å². The molecule has 1 heteroatoms. The van der Waals surface area contributed by atoms with Crippen LogP contribution in [0.25, 0.3) is 0 Å². The van der Waals surface area contributed by atoms with Gasteiger partial charge >= 0.3 is 0 Å². The molecule has 0 saturated carbocycles. The minimum Gasteiger partial charge on any atom is -0.0876 e. The van der Waals surface area contributed by atoms with Crippen LogP contribution in [0.15, 0.2) is 24.3 Å². The van der Waals surface area contributed by atoms with E-state index in [9.17, 15) is 0 Å². The number of hydrogen-bond acceptors (Lipinski definition) is 0. The standard InChI is InChI=1S/C12H17Br/c1-2-3-4-5-11-6-8-12(10-13)9-7-11/h6-9H,2-5,10H2,1H3. The quantitative estimate of drug-likeness (QED) is 0.532. The Labute approximate surface area is 89.5 Å². The van der Waals surface area contributed by atoms with Crippen LogP contribution in [0.2, 0.25) is 0 Å². The minimum absolute atomic E-state index is 0.961. The van der Waals surface area contributed by atoms with Crippen LogP contribution < -0.4 is 0 Å². The summed E-state index contributed by atoms with van der Waals surface area (Å²) < 4.78 is 0. The van der Waals surface area contributed by atoms with Crippen molar-refractivity contribution in [2.24, 2.45) is 0 Å². The molecular formula is C12H17Br. The monoisotopic (exact) mass is 240 g/mol. The summed E-state index contributed by atoms with van der Waals surface area (Å²) in [6, 6.07) is 8.89. The van der Waals surface area contributed by atoms with Gasteiger partial charge in [-0.1, -0.05) is 60.0 Å². The SMILES string of the molecule is CCCCCc1ccc(CBr)cc1. The minimum atomic E-state index is 0.961. The lowest BCUT2D eigenvalue weighted by Crippen LogP contribution is -1.86. The van der Waals surface area contributed by atoms with Gasteiger partial charge in [-0.05, 0) is 24.0 Å². The Morgan fingerprint density at radius 1 is 1.00 bits per heavy atom. The number of hydrogen-bond donors (Lipinski definition) is 0. The number of halogens is 1. The van der Waals surface area contributed by atoms with E-state index in [1.807, 2.05) is 0 Å². The van der Waals surface area contributed by atoms with E-state index >= 15 is 0 Å². The number of benzene rings is 1. The van der Waals surface area contributed by atoms with Crippen LogP contribution in [0.1, 0.15) is 37.3 Å². The number of unbranched alkanes of at least 4 members (excludes halogenated alkanes) is 2. The van der Waals surface area contributed by atoms with Crippen LogP contribution in [0, 0.1) is 0 Å². The largest absolute Gasteiger partial charge is 0.0876 e. The summed E-state index contributed by atoms with van der Waals surface area (Å²) in [5, 5.41) is 0.961. The van der Waals surface area contributed by atoms with Gasteiger partial charge in [0.2, 0.25) is 0 Å². The Balaban J connectivity index is 2.40. The van der Waals surface area contributed by atoms with Crippen LogP contribution in [0.5, 0.6) is 0 Å². The second-order valence-electron chi connectivity index (χ2n) is 3.41. The zero-order valence-corrected chi connectivity index (χ0v) is 9.81. The second-order valence-corrected chi connectivity index (χ2v) is 3.97. The summed E-state index contributed by atoms with van der Waals surface area (Å²) >= 11 is 3.45. The first kappa shape index (κ1) is 10.8. The lowest BCUT2D eigenvalue weighted by Gasteiger charge is -2.01. The fraction of sp³-hybridized carbons (Fsp3) is 0.500. The van der Waals surface area contributed by atoms with Gasteiger partial charge in [0.25, 0.3) is 0 Å². The Morgan fingerprint density at radius 2 is 1.62 bits per heavy atom. The van der Waals surface area contributed by atoms with Crippen molar-refractivity contribution in [3.63, 3.8) is 0 Å². The maximum Gasteiger partial charge on any atom is 0.0283 e. The van der Waals surface area contributed by atoms with Gasteiger partial charge in [0.15, 0.2) is 0 Å². The van der Waals surface area contributed by atoms with Gasteiger partial charge in [0, 0.05) is 5.33 Å². The molecule has 0 bridgehead atoms. The molecule has 0 aromatic heterocycles. The maximum absolute atomic E-state index is 3.45. The molecule has 72 valence electrons. The third kappa shape index (κ3) is 3.95. The topological polar surface area (TPSA) is 0 Å². The predicted molar refractivity (Wildman–Crippen MR) is 62.3 cm³/mol. The number of aryl methyl sites for hydroxylation is 1. The van der Waals surface area contributed by atoms with Gasteiger partial charge in [-0.25, -0.2) is 0 Å². The molecule has 13 heavy (non-hydrogen) atoms. The average Bonchev–Trinajstić information content (AvgIpc) is 2.19. The molecule has 0 aliphatic rings. The molecule has 0 amide bonds. The fourth-order valence-electron chi connectivity index (χ4n) is 1.37. The smallest absolute Gasteiger partial charge is 0.0283 e. The van der Waals surface area contributed by atoms with Crippen molar-refractivity contribution in [2.75, 3.05) is 0 Å². The van der Waals surface area contributed by atoms with E-state index in [-0.39, 0.29) is 0 Å². The van der Waals surface area contributed by atoms with Gasteiger partial charge in [0.1, 0.15) is 0 Å². The maximum atomic E-state index is 3.45. The van der Waals surface area contributed by atoms with Gasteiger partial charge in [-0.3, -0.25) is 0 Å². The highest BCUT2D eigenvalue weighted by atomic mass is 79.9. The molecule has 0 aliphatic carbocycles. The van der Waals surface area contributed by atoms with E-state index in [2.05, 4.69) is 47.1 Å². The Bertz CT molecular complexity index is 225. The van der Waals surface area contributed by atoms with Crippen LogP contribution in [-0.4, -0.2) is 0 Å². The van der Waals surface area contributed by atoms with Crippen molar-refractivity contribution in [3.8, 4) is 0 Å². The molecule has 0 spiro atoms. The third-order valence-electron chi connectivity index (χ3n) is 2.25. The molecule has 1 aromatic rings. The molecule has 0 heterocycles. The highest BCUT2D eigenvalue weighted by Gasteiger charge is 1.93. The van der Waals surface area contributed by atoms with Crippen molar-refractivity contribution >= 4 is 15.9 Å². The Hall–Kier alpha value is -0.300. The Morgan fingerprint density at radius 3 is 2.15 bits per heavy atom. The molecular weight excluding hydrogens is 224 g/mol. The summed E-state index contributed by atoms with van der Waals surface area (Å²) in [6.07, 6.45) is 5.21. The van der Waals surface area contributed by atoms with Crippen molar-refractivity contribution in [3.05, 3.63) is 35.4 Å². The van der Waals surface area contributed by atoms with Crippen molar-refractivity contribution in [1.82, 2.24) is 0 Å². The predicted octanol–water partition coefficient (Wildman–Crippen LogP) is 4.31. The lowest BCUT2D eigenvalue weighted by atomic mass is 10.1. The van der Waals surface area contributed by atoms with E-state index in [4.69, 9.17) is 0 Å². The first-order valence-electron chi connectivity index (χ1n) is 5.00. The molecule has 1 aromatic carbocycles. The van der Waals surface area contributed by atoms with Crippen LogP contribution in [0.3, 0.4) is 0 Å². The average molecular weight is 241 g/mol. The zero-order valence-electron chi connectivity index (χ0n) is 8.22. The summed E-state index contributed by atoms with van der Waals surface area (Å²) in [5.74, 6) is 0. The van der Waals surface area contributed by atoms with Crippen molar-refractivity contribution in [1.29, 1.82) is 0 Å². The van der Waals surface area contributed by atoms with Crippen molar-refractivity contribution in [2.45, 2.75) is 37.9 Å². The molecule has 0 fully saturated rings. The summed E-state index contributed by atoms with van der Waals surface area (Å²) in [5.41, 5.74) is 2.83. The van der Waals surface area contributed by atoms with Gasteiger partial charge < -0.3 is 0 Å². The molecule has 0 unspecified atom stereocenters. The fourth-order valence-corrected chi connectivity index (χ4v) is 1.75. The lowest BCUT2D eigenvalue weighted by molar-refractivity contribution is 0.717. The van der Waals surface area contributed by atoms with Crippen LogP contribution in [0.4, 0.5) is 0 Å². The number of alkyl halides is 1. The van der Waals surface area contributed by atoms with E-state index in [1.165, 1.54) is 36.8 Å². The van der Waals surface area contributed by atoms with Gasteiger partial charge in [-0.15, -0.1) is 0 Å². The molecule has 0 nitrogen and oxygen atoms in total. The summed E-state index contributed by atoms with van der Waals surface area (Å²) in [4.78, 5) is 0. The van der Waals surface area contributed by atoms with Crippen molar-refractivity contribution < 1.29 is 0 Å². The molecule has 1 rings (SSSR count). The Kier molecular flexibility index (Phi) is 5.14. The highest BCUT2D eigenvalue weighted by Crippen LogP contribution is 2.10. The third-order valence-corrected chi connectivity index (χ3v) is 2.89. The molecule has 0 saturated heterocycles. The second kappa shape index (κ2) is 6.20. The van der Waals surface area contributed by atoms with E-state index in [0.717, 1.165) is 5.33 Å². The highest BCUT2D eigenvalue weighted by molar-refractivity contribution is 9.08. The normalized spacial score (nSPS) is 10.3. The first-order chi connectivity index (χ1) is 6.36. The molecule has 0 N–H and O–H groups in total. The summed E-state index contributed by atoms with van der Waals surface area (Å²) in [7, 11) is 0. The first-order valence-corrected chi connectivity index (χ1v) is 6.12. The number of rotatable bonds is 5. The van der Waals surface area contributed by atoms with E-state index < -0.39 is 0 Å². The van der Waals surface area contributed by atoms with Gasteiger partial charge in [0.05, 0.1) is 0 Å².